The lowest BCUT2D eigenvalue weighted by Crippen LogP contribution is -2.23. The van der Waals surface area contributed by atoms with Crippen molar-refractivity contribution in [3.63, 3.8) is 0 Å². The summed E-state index contributed by atoms with van der Waals surface area (Å²) in [5.74, 6) is 5.10. The number of hydrogen-bond acceptors (Lipinski definition) is 3. The fourth-order valence-electron chi connectivity index (χ4n) is 1.30. The summed E-state index contributed by atoms with van der Waals surface area (Å²) in [7, 11) is -3.47. The van der Waals surface area contributed by atoms with Crippen molar-refractivity contribution >= 4 is 21.4 Å². The molecule has 0 aliphatic rings. The van der Waals surface area contributed by atoms with Crippen molar-refractivity contribution in [3.05, 3.63) is 53.2 Å². The number of hydrogen-bond donors (Lipinski definition) is 1. The lowest BCUT2D eigenvalue weighted by Gasteiger charge is -1.99. The van der Waals surface area contributed by atoms with E-state index in [0.29, 0.717) is 5.56 Å². The Bertz CT molecular complexity index is 695. The number of halogens is 1. The van der Waals surface area contributed by atoms with Crippen LogP contribution in [0.3, 0.4) is 0 Å². The van der Waals surface area contributed by atoms with E-state index >= 15 is 0 Å². The van der Waals surface area contributed by atoms with Crippen LogP contribution < -0.4 is 4.72 Å². The molecule has 1 heterocycles. The van der Waals surface area contributed by atoms with Crippen LogP contribution in [0.5, 0.6) is 0 Å². The molecule has 2 aromatic rings. The van der Waals surface area contributed by atoms with E-state index in [1.807, 2.05) is 0 Å². The molecular formula is C13H10FNO2S2. The highest BCUT2D eigenvalue weighted by Gasteiger charge is 2.12. The van der Waals surface area contributed by atoms with Crippen LogP contribution in [0.4, 0.5) is 4.39 Å². The molecule has 6 heteroatoms. The van der Waals surface area contributed by atoms with Crippen LogP contribution in [-0.4, -0.2) is 15.0 Å². The average molecular weight is 295 g/mol. The van der Waals surface area contributed by atoms with Crippen molar-refractivity contribution < 1.29 is 12.8 Å². The fraction of sp³-hybridized carbons (Fsp3) is 0.0769. The fourth-order valence-corrected chi connectivity index (χ4v) is 3.26. The summed E-state index contributed by atoms with van der Waals surface area (Å²) in [6, 6.07) is 8.88. The highest BCUT2D eigenvalue weighted by molar-refractivity contribution is 7.91. The van der Waals surface area contributed by atoms with Crippen LogP contribution in [0.15, 0.2) is 46.0 Å². The first-order valence-electron chi connectivity index (χ1n) is 5.35. The van der Waals surface area contributed by atoms with E-state index < -0.39 is 10.0 Å². The second-order valence-electron chi connectivity index (χ2n) is 3.57. The highest BCUT2D eigenvalue weighted by atomic mass is 32.2. The monoisotopic (exact) mass is 295 g/mol. The maximum atomic E-state index is 12.6. The van der Waals surface area contributed by atoms with Crippen molar-refractivity contribution in [3.8, 4) is 11.8 Å². The molecule has 0 saturated carbocycles. The number of sulfonamides is 1. The van der Waals surface area contributed by atoms with Gasteiger partial charge in [-0.1, -0.05) is 17.9 Å². The smallest absolute Gasteiger partial charge is 0.207 e. The van der Waals surface area contributed by atoms with E-state index in [-0.39, 0.29) is 16.6 Å². The number of benzene rings is 1. The molecular weight excluding hydrogens is 285 g/mol. The number of nitrogens with one attached hydrogen (secondary N) is 1. The lowest BCUT2D eigenvalue weighted by atomic mass is 10.2. The Kier molecular flexibility index (Phi) is 4.32. The van der Waals surface area contributed by atoms with E-state index in [2.05, 4.69) is 16.6 Å². The molecule has 0 atom stereocenters. The molecule has 1 aromatic carbocycles. The highest BCUT2D eigenvalue weighted by Crippen LogP contribution is 2.14. The van der Waals surface area contributed by atoms with Gasteiger partial charge in [-0.05, 0) is 35.7 Å². The lowest BCUT2D eigenvalue weighted by molar-refractivity contribution is 0.588. The van der Waals surface area contributed by atoms with Gasteiger partial charge in [0.05, 0.1) is 6.54 Å². The van der Waals surface area contributed by atoms with Crippen LogP contribution in [0, 0.1) is 17.7 Å². The third kappa shape index (κ3) is 3.89. The van der Waals surface area contributed by atoms with Gasteiger partial charge in [0.2, 0.25) is 0 Å². The van der Waals surface area contributed by atoms with E-state index in [1.54, 1.807) is 11.4 Å². The molecule has 0 radical (unpaired) electrons. The average Bonchev–Trinajstić information content (AvgIpc) is 2.91. The van der Waals surface area contributed by atoms with Gasteiger partial charge in [0.25, 0.3) is 10.0 Å². The van der Waals surface area contributed by atoms with Crippen LogP contribution in [0.2, 0.25) is 0 Å². The minimum atomic E-state index is -3.47. The van der Waals surface area contributed by atoms with Gasteiger partial charge in [0.15, 0.2) is 0 Å². The summed E-state index contributed by atoms with van der Waals surface area (Å²) in [6.45, 7) is 0.0115. The zero-order valence-electron chi connectivity index (χ0n) is 9.76. The van der Waals surface area contributed by atoms with Crippen molar-refractivity contribution in [1.29, 1.82) is 0 Å². The molecule has 0 aliphatic carbocycles. The topological polar surface area (TPSA) is 46.2 Å². The Hall–Kier alpha value is -1.68. The second-order valence-corrected chi connectivity index (χ2v) is 6.51. The second kappa shape index (κ2) is 5.97. The van der Waals surface area contributed by atoms with Gasteiger partial charge in [-0.3, -0.25) is 0 Å². The molecule has 0 saturated heterocycles. The molecule has 0 aliphatic heterocycles. The van der Waals surface area contributed by atoms with Crippen LogP contribution in [0.1, 0.15) is 5.56 Å². The summed E-state index contributed by atoms with van der Waals surface area (Å²) >= 11 is 1.15. The van der Waals surface area contributed by atoms with E-state index in [1.165, 1.54) is 30.3 Å². The zero-order chi connectivity index (χ0) is 13.7. The number of rotatable bonds is 3. The third-order valence-electron chi connectivity index (χ3n) is 2.19. The Morgan fingerprint density at radius 2 is 1.95 bits per heavy atom. The van der Waals surface area contributed by atoms with Crippen molar-refractivity contribution in [2.24, 2.45) is 0 Å². The maximum Gasteiger partial charge on any atom is 0.250 e. The molecule has 0 spiro atoms. The van der Waals surface area contributed by atoms with Crippen LogP contribution in [-0.2, 0) is 10.0 Å². The molecule has 98 valence electrons. The molecule has 2 rings (SSSR count). The van der Waals surface area contributed by atoms with Gasteiger partial charge in [0, 0.05) is 5.56 Å². The Morgan fingerprint density at radius 1 is 1.21 bits per heavy atom. The van der Waals surface area contributed by atoms with Gasteiger partial charge < -0.3 is 0 Å². The van der Waals surface area contributed by atoms with E-state index in [4.69, 9.17) is 0 Å². The largest absolute Gasteiger partial charge is 0.250 e. The molecule has 1 aromatic heterocycles. The van der Waals surface area contributed by atoms with Crippen molar-refractivity contribution in [1.82, 2.24) is 4.72 Å². The van der Waals surface area contributed by atoms with Crippen molar-refractivity contribution in [2.75, 3.05) is 6.54 Å². The minimum Gasteiger partial charge on any atom is -0.207 e. The Labute approximate surface area is 115 Å². The molecule has 3 nitrogen and oxygen atoms in total. The molecule has 1 N–H and O–H groups in total. The normalized spacial score (nSPS) is 10.8. The van der Waals surface area contributed by atoms with Gasteiger partial charge >= 0.3 is 0 Å². The Morgan fingerprint density at radius 3 is 2.58 bits per heavy atom. The first-order chi connectivity index (χ1) is 9.08. The SMILES string of the molecule is O=S(=O)(NCC#Cc1ccc(F)cc1)c1cccs1. The molecule has 0 unspecified atom stereocenters. The maximum absolute atomic E-state index is 12.6. The zero-order valence-corrected chi connectivity index (χ0v) is 11.4. The summed E-state index contributed by atoms with van der Waals surface area (Å²) in [6.07, 6.45) is 0. The quantitative estimate of drug-likeness (QED) is 0.883. The Balaban J connectivity index is 1.96. The van der Waals surface area contributed by atoms with E-state index in [0.717, 1.165) is 11.3 Å². The predicted octanol–water partition coefficient (Wildman–Crippen LogP) is 2.22. The first kappa shape index (κ1) is 13.7. The molecule has 0 amide bonds. The predicted molar refractivity (Wildman–Crippen MR) is 72.8 cm³/mol. The standard InChI is InChI=1S/C13H10FNO2S2/c14-12-7-5-11(6-8-12)3-1-9-15-19(16,17)13-4-2-10-18-13/h2,4-8,10,15H,9H2. The summed E-state index contributed by atoms with van der Waals surface area (Å²) in [5, 5.41) is 1.69. The van der Waals surface area contributed by atoms with Crippen LogP contribution >= 0.6 is 11.3 Å². The summed E-state index contributed by atoms with van der Waals surface area (Å²) in [5.41, 5.74) is 0.636. The third-order valence-corrected chi connectivity index (χ3v) is 4.99. The molecule has 0 fully saturated rings. The summed E-state index contributed by atoms with van der Waals surface area (Å²) in [4.78, 5) is 0. The van der Waals surface area contributed by atoms with Crippen molar-refractivity contribution in [2.45, 2.75) is 4.21 Å². The number of thiophene rings is 1. The first-order valence-corrected chi connectivity index (χ1v) is 7.72. The van der Waals surface area contributed by atoms with E-state index in [9.17, 15) is 12.8 Å². The van der Waals surface area contributed by atoms with Gasteiger partial charge in [-0.2, -0.15) is 4.72 Å². The minimum absolute atomic E-state index is 0.0115. The summed E-state index contributed by atoms with van der Waals surface area (Å²) < 4.78 is 38.8. The molecule has 0 bridgehead atoms. The van der Waals surface area contributed by atoms with Gasteiger partial charge in [-0.15, -0.1) is 11.3 Å². The molecule has 19 heavy (non-hydrogen) atoms. The van der Waals surface area contributed by atoms with Gasteiger partial charge in [-0.25, -0.2) is 12.8 Å². The van der Waals surface area contributed by atoms with Gasteiger partial charge in [0.1, 0.15) is 10.0 Å². The van der Waals surface area contributed by atoms with Crippen LogP contribution in [0.25, 0.3) is 0 Å².